The fraction of sp³-hybridized carbons (Fsp3) is 0.308. The highest BCUT2D eigenvalue weighted by atomic mass is 35.5. The Morgan fingerprint density at radius 3 is 2.45 bits per heavy atom. The Morgan fingerprint density at radius 1 is 1.08 bits per heavy atom. The molecule has 196 valence electrons. The van der Waals surface area contributed by atoms with E-state index in [0.29, 0.717) is 54.7 Å². The molecule has 12 heteroatoms. The minimum absolute atomic E-state index is 0.0929. The number of anilines is 3. The highest BCUT2D eigenvalue weighted by molar-refractivity contribution is 6.29. The summed E-state index contributed by atoms with van der Waals surface area (Å²) in [6, 6.07) is 8.32. The molecule has 0 radical (unpaired) electrons. The number of benzene rings is 1. The third-order valence-electron chi connectivity index (χ3n) is 6.63. The molecule has 4 aromatic rings. The standard InChI is InChI=1S/C26H27ClN8O3/c1-15-13-17(16(2)30-19-5-6-20(27)31-22(19)24(37)38)21-18(14-15)23(36)33(3)26(32-21)35-11-9-34(10-12-35)25-28-7-4-8-29-25/h4-8,13-14,16,30H,9-12H2,1-3H3,(H,37,38)/t16-/m1/s1. The summed E-state index contributed by atoms with van der Waals surface area (Å²) in [5.41, 5.74) is 2.26. The number of fused-ring (bicyclic) bond motifs is 1. The quantitative estimate of drug-likeness (QED) is 0.355. The highest BCUT2D eigenvalue weighted by Crippen LogP contribution is 2.29. The molecule has 3 aromatic heterocycles. The predicted octanol–water partition coefficient (Wildman–Crippen LogP) is 3.28. The molecular formula is C26H27ClN8O3. The van der Waals surface area contributed by atoms with Gasteiger partial charge >= 0.3 is 5.97 Å². The maximum Gasteiger partial charge on any atom is 0.356 e. The van der Waals surface area contributed by atoms with Crippen molar-refractivity contribution in [2.24, 2.45) is 7.05 Å². The van der Waals surface area contributed by atoms with Crippen LogP contribution in [-0.4, -0.2) is 61.8 Å². The van der Waals surface area contributed by atoms with Gasteiger partial charge in [0, 0.05) is 51.2 Å². The van der Waals surface area contributed by atoms with Crippen molar-refractivity contribution in [2.45, 2.75) is 19.9 Å². The maximum atomic E-state index is 13.5. The van der Waals surface area contributed by atoms with Crippen LogP contribution in [0.25, 0.3) is 10.9 Å². The molecule has 11 nitrogen and oxygen atoms in total. The fourth-order valence-corrected chi connectivity index (χ4v) is 4.89. The first-order valence-corrected chi connectivity index (χ1v) is 12.6. The Bertz CT molecular complexity index is 1570. The molecule has 38 heavy (non-hydrogen) atoms. The number of hydrogen-bond acceptors (Lipinski definition) is 9. The molecule has 1 aromatic carbocycles. The number of piperazine rings is 1. The van der Waals surface area contributed by atoms with E-state index in [2.05, 4.69) is 30.1 Å². The van der Waals surface area contributed by atoms with Crippen molar-refractivity contribution < 1.29 is 9.90 Å². The average Bonchev–Trinajstić information content (AvgIpc) is 2.92. The Labute approximate surface area is 223 Å². The molecular weight excluding hydrogens is 508 g/mol. The van der Waals surface area contributed by atoms with E-state index in [4.69, 9.17) is 16.6 Å². The summed E-state index contributed by atoms with van der Waals surface area (Å²) >= 11 is 5.92. The van der Waals surface area contributed by atoms with Crippen molar-refractivity contribution in [3.63, 3.8) is 0 Å². The van der Waals surface area contributed by atoms with Crippen LogP contribution in [0.1, 0.15) is 34.6 Å². The number of carboxylic acids is 1. The van der Waals surface area contributed by atoms with Gasteiger partial charge in [-0.15, -0.1) is 0 Å². The Morgan fingerprint density at radius 2 is 1.76 bits per heavy atom. The minimum atomic E-state index is -1.19. The second-order valence-corrected chi connectivity index (χ2v) is 9.64. The zero-order chi connectivity index (χ0) is 27.0. The number of nitrogens with zero attached hydrogens (tertiary/aromatic N) is 7. The van der Waals surface area contributed by atoms with E-state index in [1.54, 1.807) is 36.1 Å². The number of pyridine rings is 1. The molecule has 0 aliphatic carbocycles. The number of aromatic carboxylic acids is 1. The van der Waals surface area contributed by atoms with Gasteiger partial charge in [0.25, 0.3) is 5.56 Å². The average molecular weight is 535 g/mol. The van der Waals surface area contributed by atoms with Gasteiger partial charge < -0.3 is 20.2 Å². The molecule has 1 atom stereocenters. The van der Waals surface area contributed by atoms with Crippen LogP contribution in [0.15, 0.2) is 47.5 Å². The second kappa shape index (κ2) is 10.3. The molecule has 1 aliphatic heterocycles. The number of rotatable bonds is 6. The third kappa shape index (κ3) is 4.84. The van der Waals surface area contributed by atoms with Crippen LogP contribution in [0.3, 0.4) is 0 Å². The Balaban J connectivity index is 1.50. The monoisotopic (exact) mass is 534 g/mol. The van der Waals surface area contributed by atoms with E-state index in [-0.39, 0.29) is 22.4 Å². The number of nitrogens with one attached hydrogen (secondary N) is 1. The van der Waals surface area contributed by atoms with Crippen LogP contribution >= 0.6 is 11.6 Å². The lowest BCUT2D eigenvalue weighted by Crippen LogP contribution is -2.48. The molecule has 0 unspecified atom stereocenters. The number of aryl methyl sites for hydroxylation is 1. The first-order chi connectivity index (χ1) is 18.2. The lowest BCUT2D eigenvalue weighted by Gasteiger charge is -2.36. The normalized spacial score (nSPS) is 14.5. The molecule has 1 saturated heterocycles. The SMILES string of the molecule is Cc1cc([C@@H](C)Nc2ccc(Cl)nc2C(=O)O)c2nc(N3CCN(c4ncccn4)CC3)n(C)c(=O)c2c1. The third-order valence-corrected chi connectivity index (χ3v) is 6.84. The van der Waals surface area contributed by atoms with E-state index < -0.39 is 5.97 Å². The molecule has 0 bridgehead atoms. The second-order valence-electron chi connectivity index (χ2n) is 9.25. The number of aromatic nitrogens is 5. The van der Waals surface area contributed by atoms with Gasteiger partial charge in [0.15, 0.2) is 5.69 Å². The van der Waals surface area contributed by atoms with Gasteiger partial charge in [-0.05, 0) is 43.7 Å². The van der Waals surface area contributed by atoms with Crippen LogP contribution in [-0.2, 0) is 7.05 Å². The minimum Gasteiger partial charge on any atom is -0.476 e. The zero-order valence-electron chi connectivity index (χ0n) is 21.2. The smallest absolute Gasteiger partial charge is 0.356 e. The van der Waals surface area contributed by atoms with E-state index >= 15 is 0 Å². The first-order valence-electron chi connectivity index (χ1n) is 12.2. The van der Waals surface area contributed by atoms with Crippen LogP contribution in [0.5, 0.6) is 0 Å². The van der Waals surface area contributed by atoms with Crippen LogP contribution in [0.4, 0.5) is 17.6 Å². The molecule has 5 rings (SSSR count). The molecule has 1 aliphatic rings. The molecule has 0 saturated carbocycles. The van der Waals surface area contributed by atoms with E-state index in [9.17, 15) is 14.7 Å². The molecule has 2 N–H and O–H groups in total. The van der Waals surface area contributed by atoms with Crippen molar-refractivity contribution in [1.82, 2.24) is 24.5 Å². The van der Waals surface area contributed by atoms with E-state index in [0.717, 1.165) is 11.1 Å². The largest absolute Gasteiger partial charge is 0.476 e. The number of halogens is 1. The fourth-order valence-electron chi connectivity index (χ4n) is 4.74. The molecule has 0 spiro atoms. The summed E-state index contributed by atoms with van der Waals surface area (Å²) in [5, 5.41) is 13.4. The molecule has 1 fully saturated rings. The predicted molar refractivity (Wildman–Crippen MR) is 146 cm³/mol. The number of carboxylic acid groups (broad SMARTS) is 1. The number of carbonyl (C=O) groups is 1. The summed E-state index contributed by atoms with van der Waals surface area (Å²) in [7, 11) is 1.74. The van der Waals surface area contributed by atoms with Crippen LogP contribution in [0.2, 0.25) is 5.15 Å². The van der Waals surface area contributed by atoms with Gasteiger partial charge in [-0.3, -0.25) is 9.36 Å². The van der Waals surface area contributed by atoms with E-state index in [1.165, 1.54) is 6.07 Å². The van der Waals surface area contributed by atoms with Gasteiger partial charge in [0.2, 0.25) is 11.9 Å². The van der Waals surface area contributed by atoms with Crippen molar-refractivity contribution in [3.05, 3.63) is 75.1 Å². The summed E-state index contributed by atoms with van der Waals surface area (Å²) in [4.78, 5) is 47.0. The van der Waals surface area contributed by atoms with E-state index in [1.807, 2.05) is 26.0 Å². The lowest BCUT2D eigenvalue weighted by molar-refractivity contribution is 0.0691. The van der Waals surface area contributed by atoms with Gasteiger partial charge in [-0.1, -0.05) is 17.7 Å². The van der Waals surface area contributed by atoms with Gasteiger partial charge in [0.1, 0.15) is 5.15 Å². The maximum absolute atomic E-state index is 13.5. The molecule has 0 amide bonds. The van der Waals surface area contributed by atoms with Crippen molar-refractivity contribution in [1.29, 1.82) is 0 Å². The lowest BCUT2D eigenvalue weighted by atomic mass is 10.0. The van der Waals surface area contributed by atoms with Gasteiger partial charge in [0.05, 0.1) is 22.6 Å². The summed E-state index contributed by atoms with van der Waals surface area (Å²) in [6.45, 7) is 6.50. The van der Waals surface area contributed by atoms with Gasteiger partial charge in [-0.2, -0.15) is 0 Å². The topological polar surface area (TPSA) is 129 Å². The Hall–Kier alpha value is -4.25. The van der Waals surface area contributed by atoms with Crippen LogP contribution < -0.4 is 20.7 Å². The van der Waals surface area contributed by atoms with Crippen molar-refractivity contribution in [3.8, 4) is 0 Å². The number of hydrogen-bond donors (Lipinski definition) is 2. The highest BCUT2D eigenvalue weighted by Gasteiger charge is 2.24. The molecule has 4 heterocycles. The Kier molecular flexibility index (Phi) is 6.85. The first kappa shape index (κ1) is 25.4. The zero-order valence-corrected chi connectivity index (χ0v) is 22.0. The van der Waals surface area contributed by atoms with Crippen LogP contribution in [0, 0.1) is 6.92 Å². The summed E-state index contributed by atoms with van der Waals surface area (Å²) < 4.78 is 1.59. The van der Waals surface area contributed by atoms with Gasteiger partial charge in [-0.25, -0.2) is 24.7 Å². The van der Waals surface area contributed by atoms with Crippen molar-refractivity contribution >= 4 is 46.1 Å². The summed E-state index contributed by atoms with van der Waals surface area (Å²) in [6.07, 6.45) is 3.45. The van der Waals surface area contributed by atoms with Crippen molar-refractivity contribution in [2.75, 3.05) is 41.3 Å². The summed E-state index contributed by atoms with van der Waals surface area (Å²) in [5.74, 6) is 0.0704.